The molecule has 6 nitrogen and oxygen atoms in total. The van der Waals surface area contributed by atoms with Gasteiger partial charge in [-0.3, -0.25) is 14.5 Å². The van der Waals surface area contributed by atoms with E-state index in [0.717, 1.165) is 38.2 Å². The van der Waals surface area contributed by atoms with E-state index in [1.807, 2.05) is 11.0 Å². The summed E-state index contributed by atoms with van der Waals surface area (Å²) in [6, 6.07) is 13.2. The lowest BCUT2D eigenvalue weighted by Gasteiger charge is -2.36. The molecule has 4 rings (SSSR count). The highest BCUT2D eigenvalue weighted by molar-refractivity contribution is 5.80. The number of hydrogen-bond acceptors (Lipinski definition) is 4. The Hall–Kier alpha value is -2.47. The van der Waals surface area contributed by atoms with E-state index in [9.17, 15) is 9.59 Å². The maximum atomic E-state index is 12.9. The molecule has 2 heterocycles. The first-order chi connectivity index (χ1) is 13.1. The second-order valence-electron chi connectivity index (χ2n) is 7.58. The van der Waals surface area contributed by atoms with Gasteiger partial charge in [-0.05, 0) is 31.4 Å². The summed E-state index contributed by atoms with van der Waals surface area (Å²) in [5, 5.41) is 4.47. The average molecular weight is 366 g/mol. The van der Waals surface area contributed by atoms with Crippen LogP contribution in [0.4, 0.5) is 0 Å². The first-order valence-corrected chi connectivity index (χ1v) is 9.76. The van der Waals surface area contributed by atoms with Crippen LogP contribution >= 0.6 is 0 Å². The zero-order valence-electron chi connectivity index (χ0n) is 15.8. The van der Waals surface area contributed by atoms with Gasteiger partial charge < -0.3 is 4.90 Å². The molecule has 1 saturated carbocycles. The minimum absolute atomic E-state index is 0.0168. The molecule has 1 unspecified atom stereocenters. The monoisotopic (exact) mass is 366 g/mol. The topological polar surface area (TPSA) is 58.4 Å². The summed E-state index contributed by atoms with van der Waals surface area (Å²) in [6.07, 6.45) is 2.24. The molecule has 142 valence electrons. The van der Waals surface area contributed by atoms with E-state index in [1.54, 1.807) is 19.1 Å². The van der Waals surface area contributed by atoms with E-state index in [2.05, 4.69) is 34.3 Å². The maximum absolute atomic E-state index is 12.9. The van der Waals surface area contributed by atoms with E-state index in [0.29, 0.717) is 19.0 Å². The Labute approximate surface area is 159 Å². The van der Waals surface area contributed by atoms with Crippen LogP contribution in [0.1, 0.15) is 43.0 Å². The number of piperazine rings is 1. The molecule has 2 aromatic rings. The lowest BCUT2D eigenvalue weighted by molar-refractivity contribution is -0.136. The molecule has 1 aromatic heterocycles. The zero-order valence-corrected chi connectivity index (χ0v) is 15.8. The summed E-state index contributed by atoms with van der Waals surface area (Å²) in [6.45, 7) is 5.75. The SMILES string of the molecule is CC(C(=O)N1CCN(Cc2ccccc2)CC1)n1nc(C2CC2)ccc1=O. The molecule has 27 heavy (non-hydrogen) atoms. The average Bonchev–Trinajstić information content (AvgIpc) is 3.54. The van der Waals surface area contributed by atoms with Crippen molar-refractivity contribution < 1.29 is 4.79 Å². The van der Waals surface area contributed by atoms with Gasteiger partial charge in [-0.1, -0.05) is 30.3 Å². The molecule has 1 atom stereocenters. The van der Waals surface area contributed by atoms with Crippen LogP contribution in [0.3, 0.4) is 0 Å². The largest absolute Gasteiger partial charge is 0.338 e. The Morgan fingerprint density at radius 3 is 2.44 bits per heavy atom. The maximum Gasteiger partial charge on any atom is 0.267 e. The molecule has 0 bridgehead atoms. The second kappa shape index (κ2) is 7.64. The van der Waals surface area contributed by atoms with Gasteiger partial charge in [0.05, 0.1) is 5.69 Å². The number of rotatable bonds is 5. The quantitative estimate of drug-likeness (QED) is 0.812. The molecule has 1 aliphatic carbocycles. The standard InChI is InChI=1S/C21H26N4O2/c1-16(25-20(26)10-9-19(22-25)18-7-8-18)21(27)24-13-11-23(12-14-24)15-17-5-3-2-4-6-17/h2-6,9-10,16,18H,7-8,11-15H2,1H3. The number of aromatic nitrogens is 2. The predicted molar refractivity (Wildman–Crippen MR) is 103 cm³/mol. The fourth-order valence-corrected chi connectivity index (χ4v) is 3.65. The lowest BCUT2D eigenvalue weighted by Crippen LogP contribution is -2.50. The molecular weight excluding hydrogens is 340 g/mol. The second-order valence-corrected chi connectivity index (χ2v) is 7.58. The molecular formula is C21H26N4O2. The minimum atomic E-state index is -0.558. The third-order valence-electron chi connectivity index (χ3n) is 5.50. The summed E-state index contributed by atoms with van der Waals surface area (Å²) in [5.41, 5.74) is 2.02. The van der Waals surface area contributed by atoms with Gasteiger partial charge in [0, 0.05) is 44.7 Å². The van der Waals surface area contributed by atoms with Gasteiger partial charge in [0.2, 0.25) is 5.91 Å². The van der Waals surface area contributed by atoms with Gasteiger partial charge in [0.15, 0.2) is 0 Å². The highest BCUT2D eigenvalue weighted by Gasteiger charge is 2.29. The Balaban J connectivity index is 1.37. The number of carbonyl (C=O) groups excluding carboxylic acids is 1. The van der Waals surface area contributed by atoms with Crippen molar-refractivity contribution in [2.75, 3.05) is 26.2 Å². The third kappa shape index (κ3) is 4.11. The van der Waals surface area contributed by atoms with Gasteiger partial charge >= 0.3 is 0 Å². The van der Waals surface area contributed by atoms with Crippen LogP contribution in [-0.4, -0.2) is 51.7 Å². The predicted octanol–water partition coefficient (Wildman–Crippen LogP) is 2.03. The molecule has 1 amide bonds. The van der Waals surface area contributed by atoms with E-state index >= 15 is 0 Å². The van der Waals surface area contributed by atoms with Crippen LogP contribution in [0.5, 0.6) is 0 Å². The smallest absolute Gasteiger partial charge is 0.267 e. The molecule has 1 aromatic carbocycles. The first kappa shape index (κ1) is 17.9. The van der Waals surface area contributed by atoms with Crippen LogP contribution in [-0.2, 0) is 11.3 Å². The molecule has 0 N–H and O–H groups in total. The molecule has 6 heteroatoms. The van der Waals surface area contributed by atoms with Gasteiger partial charge in [-0.25, -0.2) is 4.68 Å². The van der Waals surface area contributed by atoms with Crippen molar-refractivity contribution in [3.8, 4) is 0 Å². The fourth-order valence-electron chi connectivity index (χ4n) is 3.65. The van der Waals surface area contributed by atoms with Crippen LogP contribution in [0.15, 0.2) is 47.3 Å². The van der Waals surface area contributed by atoms with Crippen molar-refractivity contribution in [1.82, 2.24) is 19.6 Å². The van der Waals surface area contributed by atoms with Gasteiger partial charge in [0.25, 0.3) is 5.56 Å². The van der Waals surface area contributed by atoms with Crippen molar-refractivity contribution in [3.05, 3.63) is 64.1 Å². The Morgan fingerprint density at radius 2 is 1.78 bits per heavy atom. The zero-order chi connectivity index (χ0) is 18.8. The van der Waals surface area contributed by atoms with Crippen molar-refractivity contribution >= 4 is 5.91 Å². The fraction of sp³-hybridized carbons (Fsp3) is 0.476. The molecule has 2 fully saturated rings. The molecule has 2 aliphatic rings. The Kier molecular flexibility index (Phi) is 5.07. The number of carbonyl (C=O) groups is 1. The molecule has 0 radical (unpaired) electrons. The summed E-state index contributed by atoms with van der Waals surface area (Å²) in [5.74, 6) is 0.442. The van der Waals surface area contributed by atoms with Crippen molar-refractivity contribution in [3.63, 3.8) is 0 Å². The van der Waals surface area contributed by atoms with Crippen LogP contribution in [0.2, 0.25) is 0 Å². The van der Waals surface area contributed by atoms with Gasteiger partial charge in [-0.15, -0.1) is 0 Å². The summed E-state index contributed by atoms with van der Waals surface area (Å²) in [4.78, 5) is 29.4. The van der Waals surface area contributed by atoms with Crippen LogP contribution in [0, 0.1) is 0 Å². The first-order valence-electron chi connectivity index (χ1n) is 9.76. The number of benzene rings is 1. The van der Waals surface area contributed by atoms with Gasteiger partial charge in [-0.2, -0.15) is 5.10 Å². The van der Waals surface area contributed by atoms with Crippen LogP contribution < -0.4 is 5.56 Å². The summed E-state index contributed by atoms with van der Waals surface area (Å²) >= 11 is 0. The van der Waals surface area contributed by atoms with Crippen LogP contribution in [0.25, 0.3) is 0 Å². The highest BCUT2D eigenvalue weighted by atomic mass is 16.2. The molecule has 0 spiro atoms. The summed E-state index contributed by atoms with van der Waals surface area (Å²) in [7, 11) is 0. The normalized spacial score (nSPS) is 19.1. The van der Waals surface area contributed by atoms with Crippen molar-refractivity contribution in [1.29, 1.82) is 0 Å². The van der Waals surface area contributed by atoms with Gasteiger partial charge in [0.1, 0.15) is 6.04 Å². The number of hydrogen-bond donors (Lipinski definition) is 0. The highest BCUT2D eigenvalue weighted by Crippen LogP contribution is 2.38. The van der Waals surface area contributed by atoms with Crippen molar-refractivity contribution in [2.45, 2.75) is 38.3 Å². The number of amides is 1. The Morgan fingerprint density at radius 1 is 1.07 bits per heavy atom. The van der Waals surface area contributed by atoms with Crippen molar-refractivity contribution in [2.24, 2.45) is 0 Å². The Bertz CT molecular complexity index is 852. The lowest BCUT2D eigenvalue weighted by atomic mass is 10.2. The summed E-state index contributed by atoms with van der Waals surface area (Å²) < 4.78 is 1.37. The van der Waals surface area contributed by atoms with E-state index < -0.39 is 6.04 Å². The van der Waals surface area contributed by atoms with E-state index in [-0.39, 0.29) is 11.5 Å². The molecule has 1 saturated heterocycles. The molecule has 1 aliphatic heterocycles. The minimum Gasteiger partial charge on any atom is -0.338 e. The van der Waals surface area contributed by atoms with E-state index in [1.165, 1.54) is 10.2 Å². The third-order valence-corrected chi connectivity index (χ3v) is 5.50. The number of nitrogens with zero attached hydrogens (tertiary/aromatic N) is 4. The van der Waals surface area contributed by atoms with E-state index in [4.69, 9.17) is 0 Å².